The molecule has 2 aromatic carbocycles. The number of H-pyrrole nitrogens is 1. The number of nitrogens with two attached hydrogens (primary N) is 1. The Balaban J connectivity index is 1.30. The van der Waals surface area contributed by atoms with E-state index in [-0.39, 0.29) is 6.04 Å². The van der Waals surface area contributed by atoms with Gasteiger partial charge in [0.2, 0.25) is 0 Å². The highest BCUT2D eigenvalue weighted by molar-refractivity contribution is 5.74. The minimum Gasteiger partial charge on any atom is -0.494 e. The number of likely N-dealkylation sites (tertiary alicyclic amines) is 1. The predicted octanol–water partition coefficient (Wildman–Crippen LogP) is 4.02. The van der Waals surface area contributed by atoms with Gasteiger partial charge in [-0.3, -0.25) is 4.90 Å². The lowest BCUT2D eigenvalue weighted by Crippen LogP contribution is -2.29. The van der Waals surface area contributed by atoms with Crippen molar-refractivity contribution in [3.63, 3.8) is 0 Å². The van der Waals surface area contributed by atoms with Crippen molar-refractivity contribution in [3.05, 3.63) is 59.9 Å². The van der Waals surface area contributed by atoms with E-state index in [1.165, 1.54) is 37.9 Å². The van der Waals surface area contributed by atoms with Gasteiger partial charge in [0.05, 0.1) is 23.7 Å². The zero-order valence-electron chi connectivity index (χ0n) is 15.7. The van der Waals surface area contributed by atoms with Gasteiger partial charge in [0.1, 0.15) is 11.6 Å². The first kappa shape index (κ1) is 18.0. The highest BCUT2D eigenvalue weighted by atomic mass is 16.5. The van der Waals surface area contributed by atoms with E-state index >= 15 is 0 Å². The van der Waals surface area contributed by atoms with Crippen molar-refractivity contribution < 1.29 is 4.74 Å². The molecule has 0 spiro atoms. The number of imidazole rings is 1. The summed E-state index contributed by atoms with van der Waals surface area (Å²) in [6.07, 6.45) is 4.72. The van der Waals surface area contributed by atoms with Crippen molar-refractivity contribution in [1.29, 1.82) is 0 Å². The molecule has 5 heteroatoms. The van der Waals surface area contributed by atoms with Crippen LogP contribution in [-0.4, -0.2) is 34.6 Å². The Morgan fingerprint density at radius 2 is 1.93 bits per heavy atom. The minimum atomic E-state index is -0.158. The van der Waals surface area contributed by atoms with Crippen molar-refractivity contribution in [2.75, 3.05) is 19.7 Å². The number of ether oxygens (including phenoxy) is 1. The molecule has 142 valence electrons. The Hall–Kier alpha value is -2.37. The van der Waals surface area contributed by atoms with Gasteiger partial charge in [0.25, 0.3) is 0 Å². The Labute approximate surface area is 160 Å². The third kappa shape index (κ3) is 4.67. The summed E-state index contributed by atoms with van der Waals surface area (Å²) in [6.45, 7) is 4.00. The molecule has 0 bridgehead atoms. The maximum Gasteiger partial charge on any atom is 0.124 e. The van der Waals surface area contributed by atoms with E-state index in [1.54, 1.807) is 0 Å². The summed E-state index contributed by atoms with van der Waals surface area (Å²) in [5, 5.41) is 0. The molecule has 2 heterocycles. The van der Waals surface area contributed by atoms with Crippen molar-refractivity contribution in [3.8, 4) is 5.75 Å². The Bertz CT molecular complexity index is 836. The monoisotopic (exact) mass is 364 g/mol. The van der Waals surface area contributed by atoms with Gasteiger partial charge >= 0.3 is 0 Å². The van der Waals surface area contributed by atoms with Crippen LogP contribution in [0.3, 0.4) is 0 Å². The number of aromatic nitrogens is 2. The summed E-state index contributed by atoms with van der Waals surface area (Å²) >= 11 is 0. The molecule has 1 aromatic heterocycles. The number of benzene rings is 2. The van der Waals surface area contributed by atoms with Crippen LogP contribution >= 0.6 is 0 Å². The molecular weight excluding hydrogens is 336 g/mol. The number of rotatable bonds is 7. The van der Waals surface area contributed by atoms with Crippen molar-refractivity contribution in [2.45, 2.75) is 38.3 Å². The first-order valence-corrected chi connectivity index (χ1v) is 9.92. The summed E-state index contributed by atoms with van der Waals surface area (Å²) in [7, 11) is 0. The van der Waals surface area contributed by atoms with Crippen LogP contribution in [0.25, 0.3) is 11.0 Å². The van der Waals surface area contributed by atoms with Crippen LogP contribution in [0.1, 0.15) is 43.1 Å². The van der Waals surface area contributed by atoms with E-state index < -0.39 is 0 Å². The van der Waals surface area contributed by atoms with E-state index in [2.05, 4.69) is 33.1 Å². The van der Waals surface area contributed by atoms with Gasteiger partial charge in [-0.15, -0.1) is 0 Å². The molecule has 1 aliphatic rings. The van der Waals surface area contributed by atoms with Crippen molar-refractivity contribution in [2.24, 2.45) is 5.73 Å². The predicted molar refractivity (Wildman–Crippen MR) is 109 cm³/mol. The second kappa shape index (κ2) is 8.55. The van der Waals surface area contributed by atoms with Crippen LogP contribution in [0, 0.1) is 0 Å². The lowest BCUT2D eigenvalue weighted by Gasteiger charge is -2.26. The number of aromatic amines is 1. The molecule has 3 aromatic rings. The smallest absolute Gasteiger partial charge is 0.124 e. The first-order valence-electron chi connectivity index (χ1n) is 9.92. The van der Waals surface area contributed by atoms with Crippen molar-refractivity contribution >= 4 is 11.0 Å². The molecule has 1 aliphatic heterocycles. The molecule has 0 aliphatic carbocycles. The van der Waals surface area contributed by atoms with Crippen LogP contribution in [0.4, 0.5) is 0 Å². The number of nitrogens with zero attached hydrogens (tertiary/aromatic N) is 2. The van der Waals surface area contributed by atoms with Crippen LogP contribution in [0.5, 0.6) is 5.75 Å². The zero-order valence-corrected chi connectivity index (χ0v) is 15.7. The fourth-order valence-electron chi connectivity index (χ4n) is 3.70. The molecule has 0 radical (unpaired) electrons. The van der Waals surface area contributed by atoms with Gasteiger partial charge in [-0.05, 0) is 55.8 Å². The molecule has 4 rings (SSSR count). The second-order valence-corrected chi connectivity index (χ2v) is 7.37. The maximum atomic E-state index is 6.30. The van der Waals surface area contributed by atoms with Crippen LogP contribution in [0.15, 0.2) is 48.5 Å². The molecule has 1 fully saturated rings. The number of piperidine rings is 1. The highest BCUT2D eigenvalue weighted by Crippen LogP contribution is 2.20. The average Bonchev–Trinajstić information content (AvgIpc) is 3.13. The Morgan fingerprint density at radius 3 is 2.78 bits per heavy atom. The van der Waals surface area contributed by atoms with Gasteiger partial charge < -0.3 is 15.5 Å². The normalized spacial score (nSPS) is 16.5. The third-order valence-corrected chi connectivity index (χ3v) is 5.21. The first-order chi connectivity index (χ1) is 13.3. The van der Waals surface area contributed by atoms with E-state index in [0.717, 1.165) is 35.6 Å². The summed E-state index contributed by atoms with van der Waals surface area (Å²) < 4.78 is 5.96. The fourth-order valence-corrected chi connectivity index (χ4v) is 3.70. The van der Waals surface area contributed by atoms with Gasteiger partial charge in [0.15, 0.2) is 0 Å². The average molecular weight is 364 g/mol. The fraction of sp³-hybridized carbons (Fsp3) is 0.409. The third-order valence-electron chi connectivity index (χ3n) is 5.21. The lowest BCUT2D eigenvalue weighted by atomic mass is 10.1. The summed E-state index contributed by atoms with van der Waals surface area (Å²) in [5.74, 6) is 1.74. The largest absolute Gasteiger partial charge is 0.494 e. The molecule has 27 heavy (non-hydrogen) atoms. The maximum absolute atomic E-state index is 6.30. The molecule has 1 atom stereocenters. The molecule has 0 amide bonds. The van der Waals surface area contributed by atoms with Gasteiger partial charge in [0, 0.05) is 13.0 Å². The molecule has 1 unspecified atom stereocenters. The van der Waals surface area contributed by atoms with Crippen LogP contribution < -0.4 is 10.5 Å². The van der Waals surface area contributed by atoms with Crippen LogP contribution in [0.2, 0.25) is 0 Å². The molecular formula is C22H28N4O. The number of hydrogen-bond donors (Lipinski definition) is 2. The summed E-state index contributed by atoms with van der Waals surface area (Å²) in [5.41, 5.74) is 9.59. The molecule has 3 N–H and O–H groups in total. The topological polar surface area (TPSA) is 67.2 Å². The molecule has 1 saturated heterocycles. The van der Waals surface area contributed by atoms with E-state index in [4.69, 9.17) is 10.5 Å². The minimum absolute atomic E-state index is 0.158. The van der Waals surface area contributed by atoms with E-state index in [0.29, 0.717) is 6.61 Å². The van der Waals surface area contributed by atoms with Crippen LogP contribution in [-0.2, 0) is 6.54 Å². The Kier molecular flexibility index (Phi) is 5.70. The quantitative estimate of drug-likeness (QED) is 0.664. The summed E-state index contributed by atoms with van der Waals surface area (Å²) in [4.78, 5) is 10.4. The van der Waals surface area contributed by atoms with E-state index in [9.17, 15) is 0 Å². The standard InChI is InChI=1S/C22H28N4O/c23-19(22-24-20-9-2-3-10-21(20)25-22)11-14-27-18-8-6-7-17(15-18)16-26-12-4-1-5-13-26/h2-3,6-10,15,19H,1,4-5,11-14,16,23H2,(H,24,25). The van der Waals surface area contributed by atoms with Gasteiger partial charge in [-0.25, -0.2) is 4.98 Å². The number of fused-ring (bicyclic) bond motifs is 1. The molecule has 0 saturated carbocycles. The zero-order chi connectivity index (χ0) is 18.5. The van der Waals surface area contributed by atoms with Gasteiger partial charge in [-0.2, -0.15) is 0 Å². The highest BCUT2D eigenvalue weighted by Gasteiger charge is 2.12. The lowest BCUT2D eigenvalue weighted by molar-refractivity contribution is 0.220. The van der Waals surface area contributed by atoms with E-state index in [1.807, 2.05) is 30.3 Å². The van der Waals surface area contributed by atoms with Gasteiger partial charge in [-0.1, -0.05) is 30.7 Å². The Morgan fingerprint density at radius 1 is 1.07 bits per heavy atom. The molecule has 5 nitrogen and oxygen atoms in total. The van der Waals surface area contributed by atoms with Crippen molar-refractivity contribution in [1.82, 2.24) is 14.9 Å². The number of hydrogen-bond acceptors (Lipinski definition) is 4. The number of nitrogens with one attached hydrogen (secondary N) is 1. The second-order valence-electron chi connectivity index (χ2n) is 7.37. The summed E-state index contributed by atoms with van der Waals surface area (Å²) in [6, 6.07) is 16.3. The number of para-hydroxylation sites is 2. The SMILES string of the molecule is NC(CCOc1cccc(CN2CCCCC2)c1)c1nc2ccccc2[nH]1.